The molecule has 0 saturated heterocycles. The van der Waals surface area contributed by atoms with E-state index in [2.05, 4.69) is 43.0 Å². The highest BCUT2D eigenvalue weighted by Gasteiger charge is 2.17. The van der Waals surface area contributed by atoms with E-state index in [1.807, 2.05) is 30.3 Å². The van der Waals surface area contributed by atoms with Crippen LogP contribution in [0.15, 0.2) is 36.7 Å². The average molecular weight is 422 g/mol. The molecule has 0 bridgehead atoms. The van der Waals surface area contributed by atoms with Gasteiger partial charge >= 0.3 is 0 Å². The number of benzene rings is 1. The number of aryl methyl sites for hydroxylation is 1. The zero-order chi connectivity index (χ0) is 16.2. The van der Waals surface area contributed by atoms with Gasteiger partial charge in [0.15, 0.2) is 5.65 Å². The van der Waals surface area contributed by atoms with Crippen LogP contribution in [0.25, 0.3) is 22.3 Å². The number of hydrogen-bond acceptors (Lipinski definition) is 5. The molecule has 0 spiro atoms. The van der Waals surface area contributed by atoms with Crippen molar-refractivity contribution in [3.05, 3.63) is 36.7 Å². The van der Waals surface area contributed by atoms with E-state index in [4.69, 9.17) is 5.73 Å². The minimum absolute atomic E-state index is 0.0219. The molecule has 0 aliphatic rings. The number of anilines is 1. The molecule has 0 fully saturated rings. The van der Waals surface area contributed by atoms with Crippen molar-refractivity contribution in [3.63, 3.8) is 0 Å². The highest BCUT2D eigenvalue weighted by molar-refractivity contribution is 14.1. The number of hydrogen-bond donors (Lipinski definition) is 2. The molecule has 8 heteroatoms. The first-order valence-electron chi connectivity index (χ1n) is 7.05. The third-order valence-electron chi connectivity index (χ3n) is 3.42. The zero-order valence-corrected chi connectivity index (χ0v) is 14.4. The fourth-order valence-electron chi connectivity index (χ4n) is 2.35. The molecule has 0 radical (unpaired) electrons. The largest absolute Gasteiger partial charge is 0.383 e. The summed E-state index contributed by atoms with van der Waals surface area (Å²) in [6.07, 6.45) is 1.74. The maximum absolute atomic E-state index is 11.7. The van der Waals surface area contributed by atoms with E-state index in [-0.39, 0.29) is 5.91 Å². The Morgan fingerprint density at radius 2 is 2.04 bits per heavy atom. The molecule has 0 aliphatic heterocycles. The first kappa shape index (κ1) is 15.7. The van der Waals surface area contributed by atoms with Gasteiger partial charge in [0.2, 0.25) is 5.91 Å². The summed E-state index contributed by atoms with van der Waals surface area (Å²) in [5.74, 6) is 0.364. The van der Waals surface area contributed by atoms with Gasteiger partial charge in [0, 0.05) is 12.0 Å². The van der Waals surface area contributed by atoms with Crippen molar-refractivity contribution in [2.75, 3.05) is 10.3 Å². The Labute approximate surface area is 146 Å². The summed E-state index contributed by atoms with van der Waals surface area (Å²) in [5.41, 5.74) is 8.33. The number of rotatable bonds is 5. The smallest absolute Gasteiger partial charge is 0.222 e. The van der Waals surface area contributed by atoms with Crippen LogP contribution in [0.4, 0.5) is 5.82 Å². The molecular weight excluding hydrogens is 407 g/mol. The fraction of sp³-hybridized carbons (Fsp3) is 0.200. The Hall–Kier alpha value is -2.23. The lowest BCUT2D eigenvalue weighted by Gasteiger charge is -2.03. The van der Waals surface area contributed by atoms with E-state index in [9.17, 15) is 4.79 Å². The van der Waals surface area contributed by atoms with Crippen LogP contribution in [0.2, 0.25) is 0 Å². The predicted octanol–water partition coefficient (Wildman–Crippen LogP) is 1.97. The molecule has 1 aromatic carbocycles. The van der Waals surface area contributed by atoms with Gasteiger partial charge in [-0.25, -0.2) is 14.6 Å². The zero-order valence-electron chi connectivity index (χ0n) is 12.2. The number of carbonyl (C=O) groups is 1. The summed E-state index contributed by atoms with van der Waals surface area (Å²) in [6.45, 7) is 0.433. The van der Waals surface area contributed by atoms with Crippen LogP contribution in [0.5, 0.6) is 0 Å². The number of nitrogens with one attached hydrogen (secondary N) is 1. The van der Waals surface area contributed by atoms with Gasteiger partial charge in [0.05, 0.1) is 16.5 Å². The van der Waals surface area contributed by atoms with Crippen molar-refractivity contribution >= 4 is 45.3 Å². The Morgan fingerprint density at radius 3 is 2.78 bits per heavy atom. The van der Waals surface area contributed by atoms with Crippen molar-refractivity contribution in [1.29, 1.82) is 0 Å². The van der Waals surface area contributed by atoms with Gasteiger partial charge in [0.25, 0.3) is 0 Å². The first-order chi connectivity index (χ1) is 11.2. The second-order valence-electron chi connectivity index (χ2n) is 4.88. The quantitative estimate of drug-likeness (QED) is 0.372. The maximum Gasteiger partial charge on any atom is 0.222 e. The number of amides is 1. The van der Waals surface area contributed by atoms with Crippen LogP contribution in [0.1, 0.15) is 6.42 Å². The number of halogens is 1. The summed E-state index contributed by atoms with van der Waals surface area (Å²) in [7, 11) is 0. The molecule has 0 atom stereocenters. The monoisotopic (exact) mass is 422 g/mol. The van der Waals surface area contributed by atoms with Gasteiger partial charge < -0.3 is 11.1 Å². The summed E-state index contributed by atoms with van der Waals surface area (Å²) >= 11 is 2.10. The number of alkyl halides is 1. The Kier molecular flexibility index (Phi) is 4.70. The van der Waals surface area contributed by atoms with Crippen molar-refractivity contribution in [2.24, 2.45) is 0 Å². The standard InChI is InChI=1S/C15H15IN6O/c16-8-18-11(23)6-7-22-15-12(14(17)19-9-20-15)13(21-22)10-4-2-1-3-5-10/h1-5,9H,6-8H2,(H,18,23)(H2,17,19,20). The topological polar surface area (TPSA) is 98.7 Å². The van der Waals surface area contributed by atoms with Gasteiger partial charge in [0.1, 0.15) is 17.8 Å². The van der Waals surface area contributed by atoms with Crippen LogP contribution >= 0.6 is 22.6 Å². The average Bonchev–Trinajstić information content (AvgIpc) is 2.94. The number of aromatic nitrogens is 4. The summed E-state index contributed by atoms with van der Waals surface area (Å²) < 4.78 is 2.29. The molecule has 0 aliphatic carbocycles. The molecule has 1 amide bonds. The van der Waals surface area contributed by atoms with Crippen LogP contribution in [0.3, 0.4) is 0 Å². The van der Waals surface area contributed by atoms with Crippen LogP contribution in [0, 0.1) is 0 Å². The minimum atomic E-state index is -0.0219. The number of nitrogens with zero attached hydrogens (tertiary/aromatic N) is 4. The van der Waals surface area contributed by atoms with Crippen molar-refractivity contribution < 1.29 is 4.79 Å². The Bertz CT molecular complexity index is 833. The van der Waals surface area contributed by atoms with Gasteiger partial charge in [-0.15, -0.1) is 0 Å². The van der Waals surface area contributed by atoms with Gasteiger partial charge in [-0.05, 0) is 0 Å². The van der Waals surface area contributed by atoms with Crippen LogP contribution in [-0.2, 0) is 11.3 Å². The van der Waals surface area contributed by atoms with Crippen molar-refractivity contribution in [1.82, 2.24) is 25.1 Å². The lowest BCUT2D eigenvalue weighted by atomic mass is 10.1. The van der Waals surface area contributed by atoms with E-state index < -0.39 is 0 Å². The number of nitrogen functional groups attached to an aromatic ring is 1. The van der Waals surface area contributed by atoms with E-state index in [1.54, 1.807) is 4.68 Å². The summed E-state index contributed by atoms with van der Waals surface area (Å²) in [4.78, 5) is 20.0. The van der Waals surface area contributed by atoms with Gasteiger partial charge in [-0.2, -0.15) is 5.10 Å². The van der Waals surface area contributed by atoms with E-state index in [1.165, 1.54) is 6.33 Å². The van der Waals surface area contributed by atoms with Crippen LogP contribution < -0.4 is 11.1 Å². The van der Waals surface area contributed by atoms with E-state index in [0.717, 1.165) is 11.3 Å². The number of fused-ring (bicyclic) bond motifs is 1. The third-order valence-corrected chi connectivity index (χ3v) is 3.80. The second kappa shape index (κ2) is 6.90. The second-order valence-corrected chi connectivity index (χ2v) is 5.64. The Balaban J connectivity index is 2.03. The molecule has 23 heavy (non-hydrogen) atoms. The SMILES string of the molecule is Nc1ncnc2c1c(-c1ccccc1)nn2CCC(=O)NCI. The normalized spacial score (nSPS) is 10.8. The van der Waals surface area contributed by atoms with Gasteiger partial charge in [-0.3, -0.25) is 4.79 Å². The number of carbonyl (C=O) groups excluding carboxylic acids is 1. The summed E-state index contributed by atoms with van der Waals surface area (Å²) in [6, 6.07) is 9.74. The van der Waals surface area contributed by atoms with E-state index >= 15 is 0 Å². The minimum Gasteiger partial charge on any atom is -0.383 e. The molecule has 2 aromatic heterocycles. The van der Waals surface area contributed by atoms with Crippen LogP contribution in [-0.4, -0.2) is 30.2 Å². The maximum atomic E-state index is 11.7. The lowest BCUT2D eigenvalue weighted by Crippen LogP contribution is -2.22. The molecule has 2 heterocycles. The van der Waals surface area contributed by atoms with Crippen molar-refractivity contribution in [3.8, 4) is 11.3 Å². The molecule has 3 rings (SSSR count). The van der Waals surface area contributed by atoms with E-state index in [0.29, 0.717) is 34.4 Å². The Morgan fingerprint density at radius 1 is 1.26 bits per heavy atom. The summed E-state index contributed by atoms with van der Waals surface area (Å²) in [5, 5.41) is 8.08. The molecular formula is C15H15IN6O. The lowest BCUT2D eigenvalue weighted by molar-refractivity contribution is -0.120. The third kappa shape index (κ3) is 3.26. The molecule has 3 aromatic rings. The molecule has 0 saturated carbocycles. The molecule has 7 nitrogen and oxygen atoms in total. The van der Waals surface area contributed by atoms with Gasteiger partial charge in [-0.1, -0.05) is 52.9 Å². The fourth-order valence-corrected chi connectivity index (χ4v) is 2.78. The molecule has 3 N–H and O–H groups in total. The molecule has 0 unspecified atom stereocenters. The molecule has 118 valence electrons. The highest BCUT2D eigenvalue weighted by Crippen LogP contribution is 2.29. The number of nitrogens with two attached hydrogens (primary N) is 1. The predicted molar refractivity (Wildman–Crippen MR) is 96.8 cm³/mol. The highest BCUT2D eigenvalue weighted by atomic mass is 127. The van der Waals surface area contributed by atoms with Crippen molar-refractivity contribution in [2.45, 2.75) is 13.0 Å². The first-order valence-corrected chi connectivity index (χ1v) is 8.58.